The van der Waals surface area contributed by atoms with Crippen molar-refractivity contribution in [1.29, 1.82) is 5.26 Å². The van der Waals surface area contributed by atoms with Crippen LogP contribution in [0.4, 0.5) is 13.2 Å². The van der Waals surface area contributed by atoms with Crippen LogP contribution in [-0.4, -0.2) is 18.6 Å². The van der Waals surface area contributed by atoms with Crippen LogP contribution in [0.15, 0.2) is 17.0 Å². The van der Waals surface area contributed by atoms with Crippen LogP contribution in [0, 0.1) is 11.3 Å². The van der Waals surface area contributed by atoms with Gasteiger partial charge >= 0.3 is 11.5 Å². The maximum Gasteiger partial charge on any atom is 0.446 e. The second-order valence-electron chi connectivity index (χ2n) is 3.25. The van der Waals surface area contributed by atoms with Crippen molar-refractivity contribution >= 4 is 29.3 Å². The average Bonchev–Trinajstić information content (AvgIpc) is 2.35. The number of carbonyl (C=O) groups is 1. The molecule has 0 bridgehead atoms. The summed E-state index contributed by atoms with van der Waals surface area (Å²) >= 11 is 5.16. The monoisotopic (exact) mass is 309 g/mol. The molecule has 0 atom stereocenters. The second kappa shape index (κ2) is 6.17. The van der Waals surface area contributed by atoms with Gasteiger partial charge in [0.25, 0.3) is 0 Å². The Morgan fingerprint density at radius 1 is 1.53 bits per heavy atom. The lowest BCUT2D eigenvalue weighted by Gasteiger charge is -2.13. The summed E-state index contributed by atoms with van der Waals surface area (Å²) in [7, 11) is 1.04. The van der Waals surface area contributed by atoms with Gasteiger partial charge in [-0.05, 0) is 23.9 Å². The number of nitriles is 1. The first kappa shape index (κ1) is 15.7. The minimum absolute atomic E-state index is 0.0327. The Kier molecular flexibility index (Phi) is 5.09. The molecule has 0 N–H and O–H groups in total. The minimum atomic E-state index is -4.56. The van der Waals surface area contributed by atoms with Crippen LogP contribution in [0.25, 0.3) is 0 Å². The number of carbonyl (C=O) groups excluding carboxylic acids is 1. The Labute approximate surface area is 116 Å². The number of alkyl halides is 4. The van der Waals surface area contributed by atoms with Gasteiger partial charge in [0, 0.05) is 16.3 Å². The molecule has 3 nitrogen and oxygen atoms in total. The number of nitrogens with zero attached hydrogens (tertiary/aromatic N) is 1. The zero-order valence-electron chi connectivity index (χ0n) is 9.55. The van der Waals surface area contributed by atoms with Gasteiger partial charge in [0.05, 0.1) is 24.3 Å². The molecule has 1 aromatic rings. The molecule has 0 heterocycles. The van der Waals surface area contributed by atoms with Gasteiger partial charge in [-0.2, -0.15) is 18.4 Å². The Bertz CT molecular complexity index is 540. The van der Waals surface area contributed by atoms with Crippen molar-refractivity contribution in [3.63, 3.8) is 0 Å². The summed E-state index contributed by atoms with van der Waals surface area (Å²) in [6, 6.07) is 4.02. The van der Waals surface area contributed by atoms with Crippen LogP contribution in [0.2, 0.25) is 0 Å². The normalized spacial score (nSPS) is 10.9. The predicted octanol–water partition coefficient (Wildman–Crippen LogP) is 3.70. The SMILES string of the molecule is COC(=O)c1c(SC(F)(F)F)ccc(C#N)c1CCl. The molecule has 0 aliphatic heterocycles. The van der Waals surface area contributed by atoms with Crippen molar-refractivity contribution < 1.29 is 22.7 Å². The van der Waals surface area contributed by atoms with Crippen molar-refractivity contribution in [3.05, 3.63) is 28.8 Å². The molecule has 19 heavy (non-hydrogen) atoms. The van der Waals surface area contributed by atoms with Crippen molar-refractivity contribution in [1.82, 2.24) is 0 Å². The molecule has 0 aromatic heterocycles. The molecule has 0 saturated carbocycles. The van der Waals surface area contributed by atoms with E-state index in [0.29, 0.717) is 0 Å². The van der Waals surface area contributed by atoms with E-state index in [9.17, 15) is 18.0 Å². The number of hydrogen-bond acceptors (Lipinski definition) is 4. The number of benzene rings is 1. The highest BCUT2D eigenvalue weighted by Gasteiger charge is 2.33. The Balaban J connectivity index is 3.48. The van der Waals surface area contributed by atoms with Crippen molar-refractivity contribution in [2.45, 2.75) is 16.3 Å². The number of halogens is 4. The molecule has 1 rings (SSSR count). The molecule has 0 aliphatic rings. The van der Waals surface area contributed by atoms with E-state index in [-0.39, 0.29) is 27.5 Å². The topological polar surface area (TPSA) is 50.1 Å². The Morgan fingerprint density at radius 2 is 2.16 bits per heavy atom. The van der Waals surface area contributed by atoms with Crippen molar-refractivity contribution in [2.75, 3.05) is 7.11 Å². The smallest absolute Gasteiger partial charge is 0.446 e. The lowest BCUT2D eigenvalue weighted by atomic mass is 10.0. The van der Waals surface area contributed by atoms with Gasteiger partial charge in [-0.25, -0.2) is 4.79 Å². The maximum atomic E-state index is 12.4. The molecular weight excluding hydrogens is 303 g/mol. The summed E-state index contributed by atoms with van der Waals surface area (Å²) in [5.74, 6) is -1.22. The maximum absolute atomic E-state index is 12.4. The zero-order chi connectivity index (χ0) is 14.6. The van der Waals surface area contributed by atoms with E-state index in [1.54, 1.807) is 6.07 Å². The highest BCUT2D eigenvalue weighted by atomic mass is 35.5. The van der Waals surface area contributed by atoms with Gasteiger partial charge in [0.2, 0.25) is 0 Å². The highest BCUT2D eigenvalue weighted by molar-refractivity contribution is 8.00. The number of rotatable bonds is 3. The lowest BCUT2D eigenvalue weighted by Crippen LogP contribution is -2.11. The van der Waals surface area contributed by atoms with Crippen LogP contribution >= 0.6 is 23.4 Å². The predicted molar refractivity (Wildman–Crippen MR) is 64.0 cm³/mol. The summed E-state index contributed by atoms with van der Waals surface area (Å²) < 4.78 is 41.7. The van der Waals surface area contributed by atoms with Gasteiger partial charge in [0.1, 0.15) is 0 Å². The summed E-state index contributed by atoms with van der Waals surface area (Å²) in [5, 5.41) is 8.86. The van der Waals surface area contributed by atoms with Gasteiger partial charge in [-0.1, -0.05) is 0 Å². The molecular formula is C11H7ClF3NO2S. The quantitative estimate of drug-likeness (QED) is 0.485. The third-order valence-electron chi connectivity index (χ3n) is 2.14. The van der Waals surface area contributed by atoms with Crippen LogP contribution in [0.3, 0.4) is 0 Å². The molecule has 102 valence electrons. The molecule has 0 aliphatic carbocycles. The first-order valence-electron chi connectivity index (χ1n) is 4.80. The van der Waals surface area contributed by atoms with Gasteiger partial charge in [0.15, 0.2) is 0 Å². The third-order valence-corrected chi connectivity index (χ3v) is 3.20. The van der Waals surface area contributed by atoms with E-state index in [2.05, 4.69) is 4.74 Å². The lowest BCUT2D eigenvalue weighted by molar-refractivity contribution is -0.0328. The minimum Gasteiger partial charge on any atom is -0.465 e. The summed E-state index contributed by atoms with van der Waals surface area (Å²) in [6.45, 7) is 0. The number of methoxy groups -OCH3 is 1. The van der Waals surface area contributed by atoms with Crippen molar-refractivity contribution in [2.24, 2.45) is 0 Å². The molecule has 0 fully saturated rings. The number of hydrogen-bond donors (Lipinski definition) is 0. The van der Waals surface area contributed by atoms with Gasteiger partial charge < -0.3 is 4.74 Å². The van der Waals surface area contributed by atoms with E-state index in [1.807, 2.05) is 0 Å². The fourth-order valence-electron chi connectivity index (χ4n) is 1.41. The molecule has 0 radical (unpaired) electrons. The largest absolute Gasteiger partial charge is 0.465 e. The molecule has 0 saturated heterocycles. The fourth-order valence-corrected chi connectivity index (χ4v) is 2.38. The average molecular weight is 310 g/mol. The van der Waals surface area contributed by atoms with Gasteiger partial charge in [-0.3, -0.25) is 0 Å². The highest BCUT2D eigenvalue weighted by Crippen LogP contribution is 2.40. The second-order valence-corrected chi connectivity index (χ2v) is 4.62. The Morgan fingerprint density at radius 3 is 2.58 bits per heavy atom. The van der Waals surface area contributed by atoms with E-state index in [1.165, 1.54) is 6.07 Å². The Hall–Kier alpha value is -1.39. The third kappa shape index (κ3) is 3.78. The van der Waals surface area contributed by atoms with E-state index in [0.717, 1.165) is 13.2 Å². The molecule has 0 unspecified atom stereocenters. The first-order chi connectivity index (χ1) is 8.84. The van der Waals surface area contributed by atoms with E-state index < -0.39 is 23.2 Å². The fraction of sp³-hybridized carbons (Fsp3) is 0.273. The molecule has 0 spiro atoms. The van der Waals surface area contributed by atoms with E-state index >= 15 is 0 Å². The summed E-state index contributed by atoms with van der Waals surface area (Å²) in [5.41, 5.74) is -4.80. The summed E-state index contributed by atoms with van der Waals surface area (Å²) in [6.07, 6.45) is 0. The zero-order valence-corrected chi connectivity index (χ0v) is 11.1. The molecule has 1 aromatic carbocycles. The first-order valence-corrected chi connectivity index (χ1v) is 6.15. The van der Waals surface area contributed by atoms with Crippen LogP contribution in [0.5, 0.6) is 0 Å². The number of thioether (sulfide) groups is 1. The van der Waals surface area contributed by atoms with Gasteiger partial charge in [-0.15, -0.1) is 11.6 Å². The molecule has 8 heteroatoms. The van der Waals surface area contributed by atoms with Crippen molar-refractivity contribution in [3.8, 4) is 6.07 Å². The number of ether oxygens (including phenoxy) is 1. The number of esters is 1. The van der Waals surface area contributed by atoms with Crippen LogP contribution in [-0.2, 0) is 10.6 Å². The van der Waals surface area contributed by atoms with Crippen LogP contribution in [0.1, 0.15) is 21.5 Å². The van der Waals surface area contributed by atoms with Crippen LogP contribution < -0.4 is 0 Å². The summed E-state index contributed by atoms with van der Waals surface area (Å²) in [4.78, 5) is 11.3. The standard InChI is InChI=1S/C11H7ClF3NO2S/c1-18-10(17)9-7(4-12)6(5-16)2-3-8(9)19-11(13,14)15/h2-3H,4H2,1H3. The molecule has 0 amide bonds. The van der Waals surface area contributed by atoms with E-state index in [4.69, 9.17) is 16.9 Å².